The predicted molar refractivity (Wildman–Crippen MR) is 129 cm³/mol. The van der Waals surface area contributed by atoms with Gasteiger partial charge in [-0.05, 0) is 105 Å². The minimum atomic E-state index is -0.465. The monoisotopic (exact) mass is 444 g/mol. The number of aliphatic hydroxyl groups excluding tert-OH is 1. The van der Waals surface area contributed by atoms with E-state index in [0.717, 1.165) is 63.1 Å². The molecule has 3 nitrogen and oxygen atoms in total. The number of hydrogen-bond acceptors (Lipinski definition) is 3. The van der Waals surface area contributed by atoms with Crippen molar-refractivity contribution in [3.8, 4) is 0 Å². The lowest BCUT2D eigenvalue weighted by molar-refractivity contribution is -0.133. The zero-order valence-corrected chi connectivity index (χ0v) is 21.3. The first-order valence-corrected chi connectivity index (χ1v) is 13.7. The van der Waals surface area contributed by atoms with Crippen LogP contribution in [0.3, 0.4) is 0 Å². The fraction of sp³-hybridized carbons (Fsp3) is 0.931. The molecule has 0 amide bonds. The Morgan fingerprint density at radius 2 is 1.81 bits per heavy atom. The average molecular weight is 445 g/mol. The number of hydrogen-bond donors (Lipinski definition) is 2. The van der Waals surface area contributed by atoms with Crippen molar-refractivity contribution in [3.63, 3.8) is 0 Å². The van der Waals surface area contributed by atoms with Crippen LogP contribution in [0.5, 0.6) is 0 Å². The normalized spacial score (nSPS) is 49.2. The van der Waals surface area contributed by atoms with Gasteiger partial charge in [0, 0.05) is 5.41 Å². The third kappa shape index (κ3) is 3.47. The Hall–Kier alpha value is -0.380. The zero-order valence-electron chi connectivity index (χ0n) is 21.3. The Kier molecular flexibility index (Phi) is 5.71. The van der Waals surface area contributed by atoms with Crippen molar-refractivity contribution in [1.82, 2.24) is 0 Å². The van der Waals surface area contributed by atoms with E-state index in [2.05, 4.69) is 40.7 Å². The molecular weight excluding hydrogens is 396 g/mol. The number of fused-ring (bicyclic) bond motifs is 5. The third-order valence-corrected chi connectivity index (χ3v) is 11.8. The summed E-state index contributed by atoms with van der Waals surface area (Å²) in [5.41, 5.74) is 1.97. The lowest BCUT2D eigenvalue weighted by Crippen LogP contribution is -2.53. The molecular formula is C29H48O3. The van der Waals surface area contributed by atoms with Crippen molar-refractivity contribution < 1.29 is 14.9 Å². The molecule has 4 aliphatic carbocycles. The molecule has 1 aliphatic heterocycles. The van der Waals surface area contributed by atoms with Gasteiger partial charge in [-0.1, -0.05) is 46.3 Å². The molecule has 0 radical (unpaired) electrons. The predicted octanol–water partition coefficient (Wildman–Crippen LogP) is 6.13. The van der Waals surface area contributed by atoms with Gasteiger partial charge in [0.15, 0.2) is 0 Å². The van der Waals surface area contributed by atoms with Crippen LogP contribution in [0.2, 0.25) is 0 Å². The zero-order chi connectivity index (χ0) is 22.9. The second kappa shape index (κ2) is 7.82. The molecule has 182 valence electrons. The molecule has 0 spiro atoms. The summed E-state index contributed by atoms with van der Waals surface area (Å²) >= 11 is 0. The summed E-state index contributed by atoms with van der Waals surface area (Å²) < 4.78 is 5.45. The van der Waals surface area contributed by atoms with Crippen molar-refractivity contribution in [2.24, 2.45) is 45.8 Å². The molecule has 3 heteroatoms. The second-order valence-electron chi connectivity index (χ2n) is 13.7. The maximum atomic E-state index is 11.2. The number of aliphatic hydroxyl groups is 2. The van der Waals surface area contributed by atoms with Crippen molar-refractivity contribution >= 4 is 0 Å². The van der Waals surface area contributed by atoms with Gasteiger partial charge in [0.2, 0.25) is 0 Å². The molecule has 0 aromatic rings. The Morgan fingerprint density at radius 3 is 2.47 bits per heavy atom. The van der Waals surface area contributed by atoms with Crippen LogP contribution in [0, 0.1) is 45.8 Å². The van der Waals surface area contributed by atoms with Gasteiger partial charge in [0.05, 0.1) is 24.9 Å². The van der Waals surface area contributed by atoms with Crippen LogP contribution in [0.1, 0.15) is 98.8 Å². The Labute approximate surface area is 196 Å². The van der Waals surface area contributed by atoms with Gasteiger partial charge in [0.1, 0.15) is 0 Å². The van der Waals surface area contributed by atoms with Gasteiger partial charge in [-0.2, -0.15) is 0 Å². The third-order valence-electron chi connectivity index (χ3n) is 11.8. The molecule has 0 aromatic heterocycles. The maximum absolute atomic E-state index is 11.2. The Morgan fingerprint density at radius 1 is 1.06 bits per heavy atom. The minimum absolute atomic E-state index is 0.185. The van der Waals surface area contributed by atoms with Gasteiger partial charge in [-0.25, -0.2) is 0 Å². The summed E-state index contributed by atoms with van der Waals surface area (Å²) in [7, 11) is 0. The van der Waals surface area contributed by atoms with Crippen LogP contribution in [-0.4, -0.2) is 35.1 Å². The Bertz CT molecular complexity index is 756. The largest absolute Gasteiger partial charge is 0.393 e. The fourth-order valence-corrected chi connectivity index (χ4v) is 9.45. The second-order valence-corrected chi connectivity index (χ2v) is 13.7. The van der Waals surface area contributed by atoms with E-state index < -0.39 is 5.60 Å². The van der Waals surface area contributed by atoms with Crippen LogP contribution in [0.25, 0.3) is 0 Å². The molecule has 5 aliphatic rings. The van der Waals surface area contributed by atoms with Crippen LogP contribution in [0.4, 0.5) is 0 Å². The lowest BCUT2D eigenvalue weighted by atomic mass is 9.46. The van der Waals surface area contributed by atoms with E-state index in [1.807, 2.05) is 0 Å². The average Bonchev–Trinajstić information content (AvgIpc) is 3.09. The molecule has 1 heterocycles. The highest BCUT2D eigenvalue weighted by Gasteiger charge is 2.60. The van der Waals surface area contributed by atoms with E-state index in [9.17, 15) is 10.2 Å². The van der Waals surface area contributed by atoms with Crippen molar-refractivity contribution in [3.05, 3.63) is 11.6 Å². The molecule has 0 aromatic carbocycles. The molecule has 0 bridgehead atoms. The van der Waals surface area contributed by atoms with Crippen molar-refractivity contribution in [2.45, 2.75) is 111 Å². The highest BCUT2D eigenvalue weighted by molar-refractivity contribution is 5.27. The summed E-state index contributed by atoms with van der Waals surface area (Å²) in [4.78, 5) is 0. The molecule has 4 fully saturated rings. The minimum Gasteiger partial charge on any atom is -0.393 e. The number of ether oxygens (including phenoxy) is 1. The standard InChI is InChI=1S/C29H48O3/c1-6-29(31)14-13-27(4)20(15-29)7-8-21-23-10-9-22(28(23,5)12-11-24(21)27)19(2)25(30)16-26(3)17-32-18-26/h7,19,21-25,30-31H,6,8-18H2,1-5H3/t19-,21-,22+,23-,24?,25+,27-,28+,29-/m0/s1. The summed E-state index contributed by atoms with van der Waals surface area (Å²) in [6, 6.07) is 0. The molecule has 1 saturated heterocycles. The summed E-state index contributed by atoms with van der Waals surface area (Å²) in [5, 5.41) is 22.2. The van der Waals surface area contributed by atoms with Gasteiger partial charge in [0.25, 0.3) is 0 Å². The van der Waals surface area contributed by atoms with Crippen LogP contribution in [0.15, 0.2) is 11.6 Å². The van der Waals surface area contributed by atoms with Gasteiger partial charge >= 0.3 is 0 Å². The molecule has 32 heavy (non-hydrogen) atoms. The maximum Gasteiger partial charge on any atom is 0.0682 e. The van der Waals surface area contributed by atoms with E-state index in [1.165, 1.54) is 32.1 Å². The summed E-state index contributed by atoms with van der Waals surface area (Å²) in [6.45, 7) is 13.5. The van der Waals surface area contributed by atoms with Gasteiger partial charge < -0.3 is 14.9 Å². The fourth-order valence-electron chi connectivity index (χ4n) is 9.45. The summed E-state index contributed by atoms with van der Waals surface area (Å²) in [6.07, 6.45) is 13.7. The lowest BCUT2D eigenvalue weighted by Gasteiger charge is -2.59. The van der Waals surface area contributed by atoms with E-state index >= 15 is 0 Å². The van der Waals surface area contributed by atoms with E-state index in [4.69, 9.17) is 4.74 Å². The molecule has 3 saturated carbocycles. The molecule has 5 rings (SSSR count). The number of rotatable bonds is 5. The highest BCUT2D eigenvalue weighted by atomic mass is 16.5. The van der Waals surface area contributed by atoms with Gasteiger partial charge in [-0.15, -0.1) is 0 Å². The van der Waals surface area contributed by atoms with E-state index in [1.54, 1.807) is 5.57 Å². The Balaban J connectivity index is 1.34. The van der Waals surface area contributed by atoms with Gasteiger partial charge in [-0.3, -0.25) is 0 Å². The van der Waals surface area contributed by atoms with Crippen molar-refractivity contribution in [1.29, 1.82) is 0 Å². The first-order valence-electron chi connectivity index (χ1n) is 13.7. The topological polar surface area (TPSA) is 49.7 Å². The van der Waals surface area contributed by atoms with Crippen molar-refractivity contribution in [2.75, 3.05) is 13.2 Å². The highest BCUT2D eigenvalue weighted by Crippen LogP contribution is 2.68. The quantitative estimate of drug-likeness (QED) is 0.502. The summed E-state index contributed by atoms with van der Waals surface area (Å²) in [5.74, 6) is 3.39. The smallest absolute Gasteiger partial charge is 0.0682 e. The first kappa shape index (κ1) is 23.4. The van der Waals surface area contributed by atoms with Crippen LogP contribution in [-0.2, 0) is 4.74 Å². The van der Waals surface area contributed by atoms with Crippen LogP contribution < -0.4 is 0 Å². The number of allylic oxidation sites excluding steroid dienone is 1. The first-order chi connectivity index (χ1) is 15.0. The molecule has 1 unspecified atom stereocenters. The SMILES string of the molecule is CC[C@]1(O)CC[C@@]2(C)C(=CC[C@@H]3C2CC[C@]2(C)[C@@H]([C@H](C)[C@H](O)CC4(C)COC4)CC[C@@H]32)C1. The molecule has 9 atom stereocenters. The molecule has 2 N–H and O–H groups in total. The van der Waals surface area contributed by atoms with E-state index in [0.29, 0.717) is 22.7 Å². The van der Waals surface area contributed by atoms with E-state index in [-0.39, 0.29) is 11.5 Å². The van der Waals surface area contributed by atoms with Crippen LogP contribution >= 0.6 is 0 Å².